The zero-order valence-corrected chi connectivity index (χ0v) is 14.1. The van der Waals surface area contributed by atoms with Crippen LogP contribution in [0.1, 0.15) is 66.7 Å². The zero-order chi connectivity index (χ0) is 16.0. The predicted octanol–water partition coefficient (Wildman–Crippen LogP) is 3.72. The Labute approximate surface area is 128 Å². The average molecular weight is 298 g/mol. The molecule has 0 aromatic rings. The van der Waals surface area contributed by atoms with Crippen LogP contribution in [0.3, 0.4) is 0 Å². The molecule has 0 heterocycles. The second kappa shape index (κ2) is 7.81. The van der Waals surface area contributed by atoms with E-state index in [0.717, 1.165) is 0 Å². The summed E-state index contributed by atoms with van der Waals surface area (Å²) in [5.74, 6) is -0.0983. The highest BCUT2D eigenvalue weighted by atomic mass is 16.6. The Morgan fingerprint density at radius 1 is 1.24 bits per heavy atom. The normalized spacial score (nSPS) is 24.0. The third-order valence-corrected chi connectivity index (χ3v) is 4.64. The number of hydrogen-bond acceptors (Lipinski definition) is 4. The maximum Gasteiger partial charge on any atom is 0.317 e. The molecular formula is C17H30O4. The van der Waals surface area contributed by atoms with E-state index < -0.39 is 11.9 Å². The van der Waals surface area contributed by atoms with Crippen LogP contribution in [0.25, 0.3) is 0 Å². The Balaban J connectivity index is 2.45. The van der Waals surface area contributed by atoms with Crippen molar-refractivity contribution in [3.63, 3.8) is 0 Å². The van der Waals surface area contributed by atoms with Gasteiger partial charge in [-0.05, 0) is 43.9 Å². The first-order valence-corrected chi connectivity index (χ1v) is 8.10. The summed E-state index contributed by atoms with van der Waals surface area (Å²) in [5, 5.41) is 0. The van der Waals surface area contributed by atoms with Gasteiger partial charge in [0.1, 0.15) is 12.5 Å². The quantitative estimate of drug-likeness (QED) is 0.554. The van der Waals surface area contributed by atoms with E-state index in [1.165, 1.54) is 25.7 Å². The molecule has 3 atom stereocenters. The van der Waals surface area contributed by atoms with Gasteiger partial charge < -0.3 is 9.47 Å². The zero-order valence-electron chi connectivity index (χ0n) is 14.1. The van der Waals surface area contributed by atoms with E-state index in [-0.39, 0.29) is 19.1 Å². The Hall–Kier alpha value is -1.06. The third-order valence-electron chi connectivity index (χ3n) is 4.64. The summed E-state index contributed by atoms with van der Waals surface area (Å²) in [4.78, 5) is 23.0. The SMILES string of the molecule is CCOC(=O)CC(=O)OC(C)C(C)C1CCCC(C)(C)C1. The number of hydrogen-bond donors (Lipinski definition) is 0. The van der Waals surface area contributed by atoms with Crippen molar-refractivity contribution in [2.24, 2.45) is 17.3 Å². The number of carbonyl (C=O) groups is 2. The van der Waals surface area contributed by atoms with Crippen molar-refractivity contribution in [3.8, 4) is 0 Å². The lowest BCUT2D eigenvalue weighted by atomic mass is 9.68. The number of esters is 2. The van der Waals surface area contributed by atoms with Crippen LogP contribution in [0.2, 0.25) is 0 Å². The molecule has 0 aromatic carbocycles. The van der Waals surface area contributed by atoms with Crippen LogP contribution in [0.15, 0.2) is 0 Å². The Morgan fingerprint density at radius 2 is 1.90 bits per heavy atom. The largest absolute Gasteiger partial charge is 0.466 e. The van der Waals surface area contributed by atoms with Crippen LogP contribution < -0.4 is 0 Å². The standard InChI is InChI=1S/C17H30O4/c1-6-20-15(18)10-16(19)21-13(3)12(2)14-8-7-9-17(4,5)11-14/h12-14H,6-11H2,1-5H3. The molecule has 1 aliphatic rings. The summed E-state index contributed by atoms with van der Waals surface area (Å²) in [6, 6.07) is 0. The minimum Gasteiger partial charge on any atom is -0.466 e. The summed E-state index contributed by atoms with van der Waals surface area (Å²) >= 11 is 0. The molecule has 1 aliphatic carbocycles. The van der Waals surface area contributed by atoms with Gasteiger partial charge in [-0.2, -0.15) is 0 Å². The maximum atomic E-state index is 11.7. The molecule has 1 fully saturated rings. The van der Waals surface area contributed by atoms with E-state index in [0.29, 0.717) is 17.3 Å². The van der Waals surface area contributed by atoms with Crippen LogP contribution in [0.5, 0.6) is 0 Å². The fourth-order valence-corrected chi connectivity index (χ4v) is 3.27. The molecule has 0 radical (unpaired) electrons. The van der Waals surface area contributed by atoms with Crippen LogP contribution in [0.4, 0.5) is 0 Å². The van der Waals surface area contributed by atoms with E-state index >= 15 is 0 Å². The first-order chi connectivity index (χ1) is 9.75. The lowest BCUT2D eigenvalue weighted by Crippen LogP contribution is -2.33. The molecule has 1 saturated carbocycles. The molecule has 0 aliphatic heterocycles. The molecule has 4 heteroatoms. The second-order valence-electron chi connectivity index (χ2n) is 7.06. The van der Waals surface area contributed by atoms with Gasteiger partial charge in [0, 0.05) is 0 Å². The van der Waals surface area contributed by atoms with Crippen molar-refractivity contribution in [1.29, 1.82) is 0 Å². The summed E-state index contributed by atoms with van der Waals surface area (Å²) in [7, 11) is 0. The van der Waals surface area contributed by atoms with Crippen molar-refractivity contribution in [2.75, 3.05) is 6.61 Å². The van der Waals surface area contributed by atoms with E-state index in [9.17, 15) is 9.59 Å². The lowest BCUT2D eigenvalue weighted by Gasteiger charge is -2.39. The van der Waals surface area contributed by atoms with Gasteiger partial charge in [-0.15, -0.1) is 0 Å². The topological polar surface area (TPSA) is 52.6 Å². The van der Waals surface area contributed by atoms with E-state index in [1.807, 2.05) is 6.92 Å². The predicted molar refractivity (Wildman–Crippen MR) is 81.7 cm³/mol. The van der Waals surface area contributed by atoms with E-state index in [1.54, 1.807) is 6.92 Å². The monoisotopic (exact) mass is 298 g/mol. The first kappa shape index (κ1) is 18.0. The van der Waals surface area contributed by atoms with Crippen molar-refractivity contribution in [1.82, 2.24) is 0 Å². The van der Waals surface area contributed by atoms with Gasteiger partial charge in [-0.3, -0.25) is 9.59 Å². The van der Waals surface area contributed by atoms with Gasteiger partial charge in [0.2, 0.25) is 0 Å². The molecule has 1 rings (SSSR count). The van der Waals surface area contributed by atoms with Crippen LogP contribution in [-0.4, -0.2) is 24.6 Å². The highest BCUT2D eigenvalue weighted by Gasteiger charge is 2.34. The second-order valence-corrected chi connectivity index (χ2v) is 7.06. The molecule has 0 amide bonds. The highest BCUT2D eigenvalue weighted by Crippen LogP contribution is 2.42. The Kier molecular flexibility index (Phi) is 6.69. The molecular weight excluding hydrogens is 268 g/mol. The van der Waals surface area contributed by atoms with Gasteiger partial charge in [0.25, 0.3) is 0 Å². The number of rotatable bonds is 6. The van der Waals surface area contributed by atoms with E-state index in [4.69, 9.17) is 9.47 Å². The van der Waals surface area contributed by atoms with Crippen LogP contribution in [0, 0.1) is 17.3 Å². The van der Waals surface area contributed by atoms with Gasteiger partial charge in [-0.25, -0.2) is 0 Å². The molecule has 0 N–H and O–H groups in total. The summed E-state index contributed by atoms with van der Waals surface area (Å²) in [6.45, 7) is 10.7. The van der Waals surface area contributed by atoms with Gasteiger partial charge in [0.15, 0.2) is 0 Å². The van der Waals surface area contributed by atoms with Crippen molar-refractivity contribution in [2.45, 2.75) is 72.8 Å². The average Bonchev–Trinajstić information content (AvgIpc) is 2.36. The lowest BCUT2D eigenvalue weighted by molar-refractivity contribution is -0.159. The highest BCUT2D eigenvalue weighted by molar-refractivity contribution is 5.91. The smallest absolute Gasteiger partial charge is 0.317 e. The molecule has 0 aromatic heterocycles. The van der Waals surface area contributed by atoms with Crippen LogP contribution >= 0.6 is 0 Å². The van der Waals surface area contributed by atoms with Crippen molar-refractivity contribution in [3.05, 3.63) is 0 Å². The molecule has 3 unspecified atom stereocenters. The molecule has 21 heavy (non-hydrogen) atoms. The third kappa shape index (κ3) is 6.06. The molecule has 0 bridgehead atoms. The molecule has 122 valence electrons. The first-order valence-electron chi connectivity index (χ1n) is 8.10. The maximum absolute atomic E-state index is 11.7. The van der Waals surface area contributed by atoms with E-state index in [2.05, 4.69) is 20.8 Å². The van der Waals surface area contributed by atoms with Crippen molar-refractivity contribution < 1.29 is 19.1 Å². The van der Waals surface area contributed by atoms with Gasteiger partial charge >= 0.3 is 11.9 Å². The molecule has 4 nitrogen and oxygen atoms in total. The molecule has 0 spiro atoms. The minimum absolute atomic E-state index is 0.161. The summed E-state index contributed by atoms with van der Waals surface area (Å²) in [5.41, 5.74) is 0.381. The summed E-state index contributed by atoms with van der Waals surface area (Å²) < 4.78 is 10.2. The van der Waals surface area contributed by atoms with Crippen molar-refractivity contribution >= 4 is 11.9 Å². The number of carbonyl (C=O) groups excluding carboxylic acids is 2. The fourth-order valence-electron chi connectivity index (χ4n) is 3.27. The Morgan fingerprint density at radius 3 is 2.48 bits per heavy atom. The summed E-state index contributed by atoms with van der Waals surface area (Å²) in [6.07, 6.45) is 4.43. The van der Waals surface area contributed by atoms with Gasteiger partial charge in [0.05, 0.1) is 6.61 Å². The minimum atomic E-state index is -0.513. The number of ether oxygens (including phenoxy) is 2. The Bertz CT molecular complexity index is 362. The van der Waals surface area contributed by atoms with Crippen LogP contribution in [-0.2, 0) is 19.1 Å². The van der Waals surface area contributed by atoms with Gasteiger partial charge in [-0.1, -0.05) is 33.6 Å². The molecule has 0 saturated heterocycles. The fraction of sp³-hybridized carbons (Fsp3) is 0.882.